The van der Waals surface area contributed by atoms with Gasteiger partial charge in [-0.25, -0.2) is 4.79 Å². The van der Waals surface area contributed by atoms with Crippen molar-refractivity contribution in [2.45, 2.75) is 6.92 Å². The highest BCUT2D eigenvalue weighted by atomic mass is 16.6. The summed E-state index contributed by atoms with van der Waals surface area (Å²) in [5.74, 6) is 0.316. The number of carboxylic acid groups (broad SMARTS) is 1. The van der Waals surface area contributed by atoms with Crippen LogP contribution in [-0.4, -0.2) is 21.3 Å². The van der Waals surface area contributed by atoms with Gasteiger partial charge < -0.3 is 9.63 Å². The highest BCUT2D eigenvalue weighted by Crippen LogP contribution is 2.30. The quantitative estimate of drug-likeness (QED) is 0.649. The number of nitro benzene ring substituents is 1. The third kappa shape index (κ3) is 2.51. The van der Waals surface area contributed by atoms with Gasteiger partial charge in [-0.15, -0.1) is 0 Å². The molecule has 19 heavy (non-hydrogen) atoms. The topological polar surface area (TPSA) is 119 Å². The number of rotatable bonds is 3. The number of anilines is 1. The van der Waals surface area contributed by atoms with E-state index in [1.807, 2.05) is 0 Å². The molecule has 1 aromatic carbocycles. The van der Waals surface area contributed by atoms with Gasteiger partial charge in [0, 0.05) is 17.7 Å². The van der Waals surface area contributed by atoms with Crippen LogP contribution in [-0.2, 0) is 0 Å². The third-order valence-electron chi connectivity index (χ3n) is 2.45. The van der Waals surface area contributed by atoms with Crippen molar-refractivity contribution in [2.75, 3.05) is 5.32 Å². The number of hydrogen-bond donors (Lipinski definition) is 2. The summed E-state index contributed by atoms with van der Waals surface area (Å²) >= 11 is 0. The van der Waals surface area contributed by atoms with Crippen LogP contribution in [0.25, 0.3) is 11.3 Å². The van der Waals surface area contributed by atoms with E-state index < -0.39 is 11.0 Å². The van der Waals surface area contributed by atoms with Crippen LogP contribution in [0.3, 0.4) is 0 Å². The summed E-state index contributed by atoms with van der Waals surface area (Å²) in [5, 5.41) is 25.2. The molecule has 0 radical (unpaired) electrons. The highest BCUT2D eigenvalue weighted by Gasteiger charge is 2.17. The Kier molecular flexibility index (Phi) is 3.15. The van der Waals surface area contributed by atoms with Gasteiger partial charge in [0.2, 0.25) is 0 Å². The number of non-ortho nitro benzene ring substituents is 1. The Balaban J connectivity index is 2.41. The predicted octanol–water partition coefficient (Wildman–Crippen LogP) is 2.65. The van der Waals surface area contributed by atoms with E-state index in [0.29, 0.717) is 11.3 Å². The number of amides is 1. The number of carbonyl (C=O) groups is 1. The summed E-state index contributed by atoms with van der Waals surface area (Å²) in [6.07, 6.45) is -1.24. The van der Waals surface area contributed by atoms with E-state index in [4.69, 9.17) is 9.63 Å². The minimum atomic E-state index is -1.24. The molecule has 2 aromatic rings. The van der Waals surface area contributed by atoms with Crippen molar-refractivity contribution in [3.8, 4) is 11.3 Å². The summed E-state index contributed by atoms with van der Waals surface area (Å²) in [6, 6.07) is 5.57. The maximum atomic E-state index is 10.7. The van der Waals surface area contributed by atoms with Crippen molar-refractivity contribution in [1.82, 2.24) is 5.16 Å². The van der Waals surface area contributed by atoms with Gasteiger partial charge in [0.1, 0.15) is 11.4 Å². The van der Waals surface area contributed by atoms with E-state index in [0.717, 1.165) is 0 Å². The smallest absolute Gasteiger partial charge is 0.409 e. The van der Waals surface area contributed by atoms with Crippen molar-refractivity contribution >= 4 is 17.5 Å². The summed E-state index contributed by atoms with van der Waals surface area (Å²) < 4.78 is 4.92. The number of hydrogen-bond acceptors (Lipinski definition) is 5. The zero-order valence-corrected chi connectivity index (χ0v) is 9.78. The summed E-state index contributed by atoms with van der Waals surface area (Å²) in [7, 11) is 0. The Bertz CT molecular complexity index is 632. The molecule has 0 fully saturated rings. The lowest BCUT2D eigenvalue weighted by Gasteiger charge is -2.01. The number of nitrogens with one attached hydrogen (secondary N) is 1. The molecular formula is C11H9N3O5. The summed E-state index contributed by atoms with van der Waals surface area (Å²) in [6.45, 7) is 1.56. The fraction of sp³-hybridized carbons (Fsp3) is 0.0909. The lowest BCUT2D eigenvalue weighted by molar-refractivity contribution is -0.384. The SMILES string of the molecule is Cc1onc(-c2ccc([N+](=O)[O-])cc2)c1NC(=O)O. The zero-order valence-electron chi connectivity index (χ0n) is 9.78. The van der Waals surface area contributed by atoms with E-state index >= 15 is 0 Å². The molecule has 2 rings (SSSR count). The molecular weight excluding hydrogens is 254 g/mol. The van der Waals surface area contributed by atoms with Crippen LogP contribution in [0, 0.1) is 17.0 Å². The van der Waals surface area contributed by atoms with Crippen LogP contribution >= 0.6 is 0 Å². The molecule has 8 nitrogen and oxygen atoms in total. The largest absolute Gasteiger partial charge is 0.465 e. The second kappa shape index (κ2) is 4.77. The molecule has 0 aliphatic carbocycles. The molecule has 8 heteroatoms. The van der Waals surface area contributed by atoms with Crippen molar-refractivity contribution in [2.24, 2.45) is 0 Å². The minimum Gasteiger partial charge on any atom is -0.465 e. The second-order valence-electron chi connectivity index (χ2n) is 3.70. The molecule has 0 atom stereocenters. The summed E-state index contributed by atoms with van der Waals surface area (Å²) in [5.41, 5.74) is 0.971. The van der Waals surface area contributed by atoms with E-state index in [1.165, 1.54) is 24.3 Å². The molecule has 0 bridgehead atoms. The Labute approximate surface area is 106 Å². The van der Waals surface area contributed by atoms with Gasteiger partial charge in [-0.05, 0) is 19.1 Å². The Morgan fingerprint density at radius 2 is 2.05 bits per heavy atom. The molecule has 0 unspecified atom stereocenters. The van der Waals surface area contributed by atoms with Gasteiger partial charge in [0.15, 0.2) is 5.76 Å². The normalized spacial score (nSPS) is 10.2. The molecule has 0 spiro atoms. The lowest BCUT2D eigenvalue weighted by atomic mass is 10.1. The lowest BCUT2D eigenvalue weighted by Crippen LogP contribution is -2.08. The first kappa shape index (κ1) is 12.6. The predicted molar refractivity (Wildman–Crippen MR) is 65.0 cm³/mol. The molecule has 2 N–H and O–H groups in total. The van der Waals surface area contributed by atoms with Crippen LogP contribution in [0.1, 0.15) is 5.76 Å². The van der Waals surface area contributed by atoms with Crippen LogP contribution in [0.15, 0.2) is 28.8 Å². The number of nitrogens with zero attached hydrogens (tertiary/aromatic N) is 2. The van der Waals surface area contributed by atoms with Crippen molar-refractivity contribution in [1.29, 1.82) is 0 Å². The van der Waals surface area contributed by atoms with Crippen LogP contribution in [0.4, 0.5) is 16.2 Å². The van der Waals surface area contributed by atoms with E-state index in [-0.39, 0.29) is 17.1 Å². The molecule has 1 amide bonds. The Morgan fingerprint density at radius 3 is 2.58 bits per heavy atom. The van der Waals surface area contributed by atoms with Crippen LogP contribution < -0.4 is 5.32 Å². The monoisotopic (exact) mass is 263 g/mol. The average molecular weight is 263 g/mol. The minimum absolute atomic E-state index is 0.0586. The van der Waals surface area contributed by atoms with E-state index in [9.17, 15) is 14.9 Å². The van der Waals surface area contributed by atoms with Gasteiger partial charge >= 0.3 is 6.09 Å². The number of nitro groups is 1. The molecule has 98 valence electrons. The second-order valence-corrected chi connectivity index (χ2v) is 3.70. The first-order valence-electron chi connectivity index (χ1n) is 5.20. The fourth-order valence-electron chi connectivity index (χ4n) is 1.56. The third-order valence-corrected chi connectivity index (χ3v) is 2.45. The molecule has 1 aromatic heterocycles. The van der Waals surface area contributed by atoms with Gasteiger partial charge in [-0.1, -0.05) is 5.16 Å². The molecule has 0 saturated carbocycles. The maximum Gasteiger partial charge on any atom is 0.409 e. The Hall–Kier alpha value is -2.90. The average Bonchev–Trinajstić information content (AvgIpc) is 2.71. The number of aryl methyl sites for hydroxylation is 1. The molecule has 0 aliphatic rings. The Morgan fingerprint density at radius 1 is 1.42 bits per heavy atom. The van der Waals surface area contributed by atoms with Crippen LogP contribution in [0.5, 0.6) is 0 Å². The molecule has 1 heterocycles. The van der Waals surface area contributed by atoms with Gasteiger partial charge in [-0.2, -0.15) is 0 Å². The van der Waals surface area contributed by atoms with Crippen molar-refractivity contribution in [3.05, 3.63) is 40.1 Å². The van der Waals surface area contributed by atoms with Gasteiger partial charge in [-0.3, -0.25) is 15.4 Å². The first-order valence-corrected chi connectivity index (χ1v) is 5.20. The van der Waals surface area contributed by atoms with E-state index in [1.54, 1.807) is 6.92 Å². The fourth-order valence-corrected chi connectivity index (χ4v) is 1.56. The zero-order chi connectivity index (χ0) is 14.0. The van der Waals surface area contributed by atoms with Gasteiger partial charge in [0.25, 0.3) is 5.69 Å². The highest BCUT2D eigenvalue weighted by molar-refractivity contribution is 5.89. The van der Waals surface area contributed by atoms with Crippen molar-refractivity contribution < 1.29 is 19.3 Å². The number of aromatic nitrogens is 1. The maximum absolute atomic E-state index is 10.7. The first-order chi connectivity index (χ1) is 8.99. The summed E-state index contributed by atoms with van der Waals surface area (Å²) in [4.78, 5) is 20.7. The standard InChI is InChI=1S/C11H9N3O5/c1-6-9(12-11(15)16)10(13-19-6)7-2-4-8(5-3-7)14(17)18/h2-5,12H,1H3,(H,15,16). The molecule has 0 aliphatic heterocycles. The van der Waals surface area contributed by atoms with Crippen LogP contribution in [0.2, 0.25) is 0 Å². The number of benzene rings is 1. The van der Waals surface area contributed by atoms with Gasteiger partial charge in [0.05, 0.1) is 4.92 Å². The van der Waals surface area contributed by atoms with Crippen molar-refractivity contribution in [3.63, 3.8) is 0 Å². The van der Waals surface area contributed by atoms with E-state index in [2.05, 4.69) is 10.5 Å². The molecule has 0 saturated heterocycles.